The Labute approximate surface area is 134 Å². The zero-order valence-corrected chi connectivity index (χ0v) is 12.4. The molecule has 0 bridgehead atoms. The summed E-state index contributed by atoms with van der Waals surface area (Å²) < 4.78 is 39.0. The van der Waals surface area contributed by atoms with Gasteiger partial charge in [0.05, 0.1) is 29.3 Å². The summed E-state index contributed by atoms with van der Waals surface area (Å²) in [6.45, 7) is 0.141. The zero-order chi connectivity index (χ0) is 16.6. The van der Waals surface area contributed by atoms with Crippen molar-refractivity contribution in [3.63, 3.8) is 0 Å². The van der Waals surface area contributed by atoms with Gasteiger partial charge in [-0.05, 0) is 35.9 Å². The van der Waals surface area contributed by atoms with Crippen molar-refractivity contribution in [1.29, 1.82) is 0 Å². The normalized spacial score (nSPS) is 11.8. The molecule has 0 N–H and O–H groups in total. The van der Waals surface area contributed by atoms with Crippen LogP contribution in [0.15, 0.2) is 53.6 Å². The number of halogens is 4. The minimum absolute atomic E-state index is 0.141. The number of aromatic nitrogens is 2. The molecule has 0 fully saturated rings. The van der Waals surface area contributed by atoms with Gasteiger partial charge in [0.1, 0.15) is 0 Å². The first kappa shape index (κ1) is 15.6. The minimum atomic E-state index is -4.38. The molecule has 0 aliphatic heterocycles. The molecular formula is C16H10ClF3N2O. The van der Waals surface area contributed by atoms with Crippen molar-refractivity contribution in [3.8, 4) is 0 Å². The van der Waals surface area contributed by atoms with Gasteiger partial charge in [-0.1, -0.05) is 23.7 Å². The maximum atomic E-state index is 12.5. The van der Waals surface area contributed by atoms with E-state index in [0.29, 0.717) is 21.5 Å². The monoisotopic (exact) mass is 338 g/mol. The van der Waals surface area contributed by atoms with Gasteiger partial charge in [-0.15, -0.1) is 0 Å². The lowest BCUT2D eigenvalue weighted by molar-refractivity contribution is -0.137. The first-order valence-electron chi connectivity index (χ1n) is 6.65. The van der Waals surface area contributed by atoms with Crippen molar-refractivity contribution in [1.82, 2.24) is 9.55 Å². The third-order valence-electron chi connectivity index (χ3n) is 3.42. The molecule has 0 amide bonds. The van der Waals surface area contributed by atoms with Crippen LogP contribution in [0.3, 0.4) is 0 Å². The van der Waals surface area contributed by atoms with Crippen LogP contribution in [-0.2, 0) is 12.7 Å². The largest absolute Gasteiger partial charge is 0.416 e. The van der Waals surface area contributed by atoms with Gasteiger partial charge in [0.15, 0.2) is 0 Å². The molecule has 0 atom stereocenters. The van der Waals surface area contributed by atoms with Crippen molar-refractivity contribution in [2.75, 3.05) is 0 Å². The van der Waals surface area contributed by atoms with E-state index in [4.69, 9.17) is 11.6 Å². The summed E-state index contributed by atoms with van der Waals surface area (Å²) in [6.07, 6.45) is -3.02. The van der Waals surface area contributed by atoms with Gasteiger partial charge in [-0.2, -0.15) is 13.2 Å². The van der Waals surface area contributed by atoms with Gasteiger partial charge in [-0.25, -0.2) is 4.98 Å². The number of alkyl halides is 3. The Bertz CT molecular complexity index is 917. The predicted octanol–water partition coefficient (Wildman–Crippen LogP) is 4.12. The summed E-state index contributed by atoms with van der Waals surface area (Å²) in [5.74, 6) is 0. The molecule has 0 radical (unpaired) electrons. The van der Waals surface area contributed by atoms with Crippen LogP contribution in [0.4, 0.5) is 13.2 Å². The van der Waals surface area contributed by atoms with E-state index in [-0.39, 0.29) is 12.1 Å². The lowest BCUT2D eigenvalue weighted by Crippen LogP contribution is -2.21. The summed E-state index contributed by atoms with van der Waals surface area (Å²) in [5, 5.41) is 0.883. The summed E-state index contributed by atoms with van der Waals surface area (Å²) >= 11 is 5.85. The molecule has 118 valence electrons. The molecule has 1 heterocycles. The Morgan fingerprint density at radius 2 is 1.78 bits per heavy atom. The topological polar surface area (TPSA) is 34.9 Å². The highest BCUT2D eigenvalue weighted by molar-refractivity contribution is 6.31. The van der Waals surface area contributed by atoms with Gasteiger partial charge >= 0.3 is 6.18 Å². The second kappa shape index (κ2) is 5.70. The molecule has 7 heteroatoms. The number of benzene rings is 2. The smallest absolute Gasteiger partial charge is 0.294 e. The molecule has 2 aromatic carbocycles. The molecular weight excluding hydrogens is 329 g/mol. The van der Waals surface area contributed by atoms with E-state index in [1.54, 1.807) is 18.2 Å². The Kier molecular flexibility index (Phi) is 3.85. The van der Waals surface area contributed by atoms with Gasteiger partial charge < -0.3 is 0 Å². The highest BCUT2D eigenvalue weighted by Gasteiger charge is 2.29. The molecule has 23 heavy (non-hydrogen) atoms. The first-order chi connectivity index (χ1) is 10.8. The molecule has 0 unspecified atom stereocenters. The first-order valence-corrected chi connectivity index (χ1v) is 7.03. The van der Waals surface area contributed by atoms with Crippen LogP contribution >= 0.6 is 11.6 Å². The van der Waals surface area contributed by atoms with Crippen molar-refractivity contribution >= 4 is 22.5 Å². The molecule has 0 aliphatic carbocycles. The molecule has 3 nitrogen and oxygen atoms in total. The van der Waals surface area contributed by atoms with E-state index < -0.39 is 11.7 Å². The summed E-state index contributed by atoms with van der Waals surface area (Å²) in [4.78, 5) is 16.5. The summed E-state index contributed by atoms with van der Waals surface area (Å²) in [5.41, 5.74) is 0.0628. The van der Waals surface area contributed by atoms with E-state index in [1.807, 2.05) is 0 Å². The fourth-order valence-corrected chi connectivity index (χ4v) is 2.41. The maximum absolute atomic E-state index is 12.5. The summed E-state index contributed by atoms with van der Waals surface area (Å²) in [7, 11) is 0. The maximum Gasteiger partial charge on any atom is 0.416 e. The Hall–Kier alpha value is -2.34. The van der Waals surface area contributed by atoms with Crippen LogP contribution in [0.5, 0.6) is 0 Å². The van der Waals surface area contributed by atoms with Crippen LogP contribution in [0.1, 0.15) is 11.1 Å². The van der Waals surface area contributed by atoms with Gasteiger partial charge in [0, 0.05) is 5.02 Å². The molecule has 0 saturated heterocycles. The van der Waals surface area contributed by atoms with Crippen molar-refractivity contribution in [2.24, 2.45) is 0 Å². The van der Waals surface area contributed by atoms with E-state index in [2.05, 4.69) is 4.98 Å². The lowest BCUT2D eigenvalue weighted by atomic mass is 10.1. The van der Waals surface area contributed by atoms with Crippen molar-refractivity contribution in [2.45, 2.75) is 12.7 Å². The number of hydrogen-bond acceptors (Lipinski definition) is 2. The van der Waals surface area contributed by atoms with Crippen LogP contribution in [0.2, 0.25) is 5.02 Å². The third kappa shape index (κ3) is 3.22. The Morgan fingerprint density at radius 1 is 1.09 bits per heavy atom. The fraction of sp³-hybridized carbons (Fsp3) is 0.125. The van der Waals surface area contributed by atoms with Crippen molar-refractivity contribution < 1.29 is 13.2 Å². The van der Waals surface area contributed by atoms with E-state index in [9.17, 15) is 18.0 Å². The standard InChI is InChI=1S/C16H10ClF3N2O/c17-12-5-6-13-14(7-12)21-9-22(15(13)23)8-10-1-3-11(4-2-10)16(18,19)20/h1-7,9H,8H2. The van der Waals surface area contributed by atoms with E-state index in [1.165, 1.54) is 23.0 Å². The highest BCUT2D eigenvalue weighted by Crippen LogP contribution is 2.29. The molecule has 0 spiro atoms. The molecule has 3 rings (SSSR count). The summed E-state index contributed by atoms with van der Waals surface area (Å²) in [6, 6.07) is 9.44. The van der Waals surface area contributed by atoms with Gasteiger partial charge in [0.25, 0.3) is 5.56 Å². The van der Waals surface area contributed by atoms with Gasteiger partial charge in [0.2, 0.25) is 0 Å². The van der Waals surface area contributed by atoms with Crippen LogP contribution in [0, 0.1) is 0 Å². The van der Waals surface area contributed by atoms with Crippen LogP contribution < -0.4 is 5.56 Å². The number of hydrogen-bond donors (Lipinski definition) is 0. The number of nitrogens with zero attached hydrogens (tertiary/aromatic N) is 2. The van der Waals surface area contributed by atoms with Crippen LogP contribution in [0.25, 0.3) is 10.9 Å². The van der Waals surface area contributed by atoms with Crippen LogP contribution in [-0.4, -0.2) is 9.55 Å². The van der Waals surface area contributed by atoms with Crippen molar-refractivity contribution in [3.05, 3.63) is 75.3 Å². The van der Waals surface area contributed by atoms with E-state index in [0.717, 1.165) is 12.1 Å². The Balaban J connectivity index is 1.94. The highest BCUT2D eigenvalue weighted by atomic mass is 35.5. The number of fused-ring (bicyclic) bond motifs is 1. The predicted molar refractivity (Wildman–Crippen MR) is 81.6 cm³/mol. The Morgan fingerprint density at radius 3 is 2.43 bits per heavy atom. The zero-order valence-electron chi connectivity index (χ0n) is 11.6. The molecule has 3 aromatic rings. The average molecular weight is 339 g/mol. The quantitative estimate of drug-likeness (QED) is 0.704. The second-order valence-corrected chi connectivity index (χ2v) is 5.47. The SMILES string of the molecule is O=c1c2ccc(Cl)cc2ncn1Cc1ccc(C(F)(F)F)cc1. The van der Waals surface area contributed by atoms with Gasteiger partial charge in [-0.3, -0.25) is 9.36 Å². The molecule has 1 aromatic heterocycles. The van der Waals surface area contributed by atoms with E-state index >= 15 is 0 Å². The number of rotatable bonds is 2. The average Bonchev–Trinajstić information content (AvgIpc) is 2.50. The minimum Gasteiger partial charge on any atom is -0.294 e. The lowest BCUT2D eigenvalue weighted by Gasteiger charge is -2.09. The second-order valence-electron chi connectivity index (χ2n) is 5.03. The third-order valence-corrected chi connectivity index (χ3v) is 3.66. The molecule has 0 saturated carbocycles. The molecule has 0 aliphatic rings. The fourth-order valence-electron chi connectivity index (χ4n) is 2.24.